The fraction of sp³-hybridized carbons (Fsp3) is 0.0526. The van der Waals surface area contributed by atoms with Gasteiger partial charge in [0, 0.05) is 5.56 Å². The van der Waals surface area contributed by atoms with Gasteiger partial charge in [0.1, 0.15) is 0 Å². The summed E-state index contributed by atoms with van der Waals surface area (Å²) in [5.74, 6) is -3.00. The maximum absolute atomic E-state index is 12.7. The normalized spacial score (nSPS) is 15.4. The van der Waals surface area contributed by atoms with Crippen LogP contribution in [0.1, 0.15) is 31.8 Å². The molecule has 6 nitrogen and oxygen atoms in total. The number of benzene rings is 2. The number of aryl methyl sites for hydroxylation is 1. The number of carboxylic acids is 2. The predicted octanol–water partition coefficient (Wildman–Crippen LogP) is 1.13. The molecule has 0 saturated carbocycles. The van der Waals surface area contributed by atoms with E-state index in [4.69, 9.17) is 12.2 Å². The molecule has 136 valence electrons. The Morgan fingerprint density at radius 1 is 1.07 bits per heavy atom. The molecule has 0 bridgehead atoms. The quantitative estimate of drug-likeness (QED) is 0.563. The first-order valence-electron chi connectivity index (χ1n) is 7.69. The van der Waals surface area contributed by atoms with Crippen LogP contribution in [0.25, 0.3) is 6.08 Å². The van der Waals surface area contributed by atoms with Gasteiger partial charge in [0.05, 0.1) is 22.5 Å². The van der Waals surface area contributed by atoms with Crippen molar-refractivity contribution in [2.75, 3.05) is 4.90 Å². The number of anilines is 1. The number of hydrogen-bond donors (Lipinski definition) is 0. The maximum atomic E-state index is 12.7. The molecule has 27 heavy (non-hydrogen) atoms. The van der Waals surface area contributed by atoms with Gasteiger partial charge in [-0.15, -0.1) is 0 Å². The number of thioether (sulfide) groups is 1. The van der Waals surface area contributed by atoms with Gasteiger partial charge in [-0.3, -0.25) is 9.69 Å². The van der Waals surface area contributed by atoms with Crippen LogP contribution in [0.4, 0.5) is 5.69 Å². The first-order chi connectivity index (χ1) is 12.8. The van der Waals surface area contributed by atoms with E-state index in [1.165, 1.54) is 23.1 Å². The third kappa shape index (κ3) is 3.76. The Labute approximate surface area is 164 Å². The van der Waals surface area contributed by atoms with Crippen LogP contribution in [0, 0.1) is 6.92 Å². The van der Waals surface area contributed by atoms with Crippen LogP contribution in [0.5, 0.6) is 0 Å². The number of aromatic carboxylic acids is 2. The van der Waals surface area contributed by atoms with Gasteiger partial charge < -0.3 is 19.8 Å². The molecule has 1 saturated heterocycles. The highest BCUT2D eigenvalue weighted by Crippen LogP contribution is 2.36. The largest absolute Gasteiger partial charge is 0.545 e. The zero-order valence-electron chi connectivity index (χ0n) is 13.9. The van der Waals surface area contributed by atoms with Crippen LogP contribution < -0.4 is 15.1 Å². The third-order valence-electron chi connectivity index (χ3n) is 3.94. The predicted molar refractivity (Wildman–Crippen MR) is 102 cm³/mol. The van der Waals surface area contributed by atoms with Gasteiger partial charge in [0.15, 0.2) is 4.32 Å². The summed E-state index contributed by atoms with van der Waals surface area (Å²) in [6, 6.07) is 10.4. The SMILES string of the molecule is Cc1ccc(N2C(=O)/C(=C/c3ccc(C(=O)[O-])cc3)SC2=S)cc1C(=O)[O-]. The average Bonchev–Trinajstić information content (AvgIpc) is 2.89. The smallest absolute Gasteiger partial charge is 0.270 e. The minimum atomic E-state index is -1.33. The molecule has 0 unspecified atom stereocenters. The number of carboxylic acid groups (broad SMARTS) is 2. The molecule has 1 aliphatic heterocycles. The second kappa shape index (κ2) is 7.34. The number of carbonyl (C=O) groups is 3. The Kier molecular flexibility index (Phi) is 5.11. The van der Waals surface area contributed by atoms with Crippen LogP contribution in [-0.4, -0.2) is 22.2 Å². The Morgan fingerprint density at radius 2 is 1.74 bits per heavy atom. The van der Waals surface area contributed by atoms with Crippen molar-refractivity contribution in [2.45, 2.75) is 6.92 Å². The number of nitrogens with zero attached hydrogens (tertiary/aromatic N) is 1. The number of amides is 1. The summed E-state index contributed by atoms with van der Waals surface area (Å²) in [5, 5.41) is 22.0. The van der Waals surface area contributed by atoms with Crippen molar-refractivity contribution in [1.29, 1.82) is 0 Å². The first kappa shape index (κ1) is 18.8. The van der Waals surface area contributed by atoms with Gasteiger partial charge in [-0.2, -0.15) is 0 Å². The molecule has 1 fully saturated rings. The Balaban J connectivity index is 1.92. The van der Waals surface area contributed by atoms with Gasteiger partial charge in [-0.25, -0.2) is 0 Å². The van der Waals surface area contributed by atoms with E-state index >= 15 is 0 Å². The molecule has 0 N–H and O–H groups in total. The Bertz CT molecular complexity index is 1010. The van der Waals surface area contributed by atoms with Crippen molar-refractivity contribution in [1.82, 2.24) is 0 Å². The van der Waals surface area contributed by atoms with Gasteiger partial charge in [-0.1, -0.05) is 54.3 Å². The van der Waals surface area contributed by atoms with Crippen LogP contribution in [0.15, 0.2) is 47.4 Å². The summed E-state index contributed by atoms with van der Waals surface area (Å²) in [4.78, 5) is 36.4. The lowest BCUT2D eigenvalue weighted by Gasteiger charge is -2.17. The topological polar surface area (TPSA) is 101 Å². The molecule has 2 aromatic carbocycles. The van der Waals surface area contributed by atoms with E-state index in [1.54, 1.807) is 37.3 Å². The lowest BCUT2D eigenvalue weighted by atomic mass is 10.1. The van der Waals surface area contributed by atoms with E-state index in [0.717, 1.165) is 11.8 Å². The minimum Gasteiger partial charge on any atom is -0.545 e. The van der Waals surface area contributed by atoms with Crippen LogP contribution in [0.3, 0.4) is 0 Å². The van der Waals surface area contributed by atoms with E-state index in [0.29, 0.717) is 21.7 Å². The maximum Gasteiger partial charge on any atom is 0.270 e. The number of rotatable bonds is 4. The van der Waals surface area contributed by atoms with E-state index in [2.05, 4.69) is 0 Å². The van der Waals surface area contributed by atoms with Crippen LogP contribution >= 0.6 is 24.0 Å². The summed E-state index contributed by atoms with van der Waals surface area (Å²) in [5.41, 5.74) is 1.52. The fourth-order valence-electron chi connectivity index (χ4n) is 2.53. The highest BCUT2D eigenvalue weighted by molar-refractivity contribution is 8.27. The summed E-state index contributed by atoms with van der Waals surface area (Å²) in [6.07, 6.45) is 1.59. The zero-order chi connectivity index (χ0) is 19.7. The molecular weight excluding hydrogens is 386 g/mol. The van der Waals surface area contributed by atoms with Crippen molar-refractivity contribution in [3.05, 3.63) is 69.6 Å². The monoisotopic (exact) mass is 397 g/mol. The molecular formula is C19H11NO5S2-2. The van der Waals surface area contributed by atoms with Gasteiger partial charge in [0.2, 0.25) is 0 Å². The van der Waals surface area contributed by atoms with Crippen molar-refractivity contribution < 1.29 is 24.6 Å². The Hall–Kier alpha value is -2.97. The number of carbonyl (C=O) groups excluding carboxylic acids is 3. The summed E-state index contributed by atoms with van der Waals surface area (Å²) < 4.78 is 0.269. The van der Waals surface area contributed by atoms with Gasteiger partial charge in [0.25, 0.3) is 5.91 Å². The first-order valence-corrected chi connectivity index (χ1v) is 8.92. The van der Waals surface area contributed by atoms with E-state index in [-0.39, 0.29) is 21.4 Å². The summed E-state index contributed by atoms with van der Waals surface area (Å²) >= 11 is 6.35. The summed E-state index contributed by atoms with van der Waals surface area (Å²) in [7, 11) is 0. The van der Waals surface area contributed by atoms with E-state index in [9.17, 15) is 24.6 Å². The zero-order valence-corrected chi connectivity index (χ0v) is 15.6. The lowest BCUT2D eigenvalue weighted by Crippen LogP contribution is -2.29. The van der Waals surface area contributed by atoms with Crippen LogP contribution in [0.2, 0.25) is 0 Å². The van der Waals surface area contributed by atoms with Gasteiger partial charge in [-0.05, 0) is 41.8 Å². The second-order valence-electron chi connectivity index (χ2n) is 5.71. The van der Waals surface area contributed by atoms with Gasteiger partial charge >= 0.3 is 0 Å². The molecule has 0 atom stereocenters. The lowest BCUT2D eigenvalue weighted by molar-refractivity contribution is -0.256. The molecule has 0 aliphatic carbocycles. The standard InChI is InChI=1S/C19H13NO5S2/c1-10-2-7-13(9-14(10)18(24)25)20-16(21)15(27-19(20)26)8-11-3-5-12(6-4-11)17(22)23/h2-9H,1H3,(H,22,23)(H,24,25)/p-2/b15-8-. The molecule has 3 rings (SSSR count). The molecule has 0 radical (unpaired) electrons. The van der Waals surface area contributed by atoms with E-state index < -0.39 is 11.9 Å². The van der Waals surface area contributed by atoms with Crippen molar-refractivity contribution >= 4 is 57.9 Å². The minimum absolute atomic E-state index is 0.0107. The van der Waals surface area contributed by atoms with Crippen LogP contribution in [-0.2, 0) is 4.79 Å². The number of thiocarbonyl (C=S) groups is 1. The summed E-state index contributed by atoms with van der Waals surface area (Å²) in [6.45, 7) is 1.63. The molecule has 1 heterocycles. The molecule has 8 heteroatoms. The van der Waals surface area contributed by atoms with E-state index in [1.807, 2.05) is 0 Å². The molecule has 2 aromatic rings. The molecule has 1 aliphatic rings. The number of hydrogen-bond acceptors (Lipinski definition) is 7. The highest BCUT2D eigenvalue weighted by atomic mass is 32.2. The second-order valence-corrected chi connectivity index (χ2v) is 7.39. The molecule has 0 spiro atoms. The highest BCUT2D eigenvalue weighted by Gasteiger charge is 2.33. The van der Waals surface area contributed by atoms with Crippen molar-refractivity contribution in [2.24, 2.45) is 0 Å². The molecule has 0 aromatic heterocycles. The third-order valence-corrected chi connectivity index (χ3v) is 5.24. The average molecular weight is 397 g/mol. The van der Waals surface area contributed by atoms with Crippen molar-refractivity contribution in [3.8, 4) is 0 Å². The molecule has 1 amide bonds. The fourth-order valence-corrected chi connectivity index (χ4v) is 3.83. The Morgan fingerprint density at radius 3 is 2.33 bits per heavy atom. The van der Waals surface area contributed by atoms with Crippen molar-refractivity contribution in [3.63, 3.8) is 0 Å².